The number of methoxy groups -OCH3 is 1. The minimum Gasteiger partial charge on any atom is -0.465 e. The minimum absolute atomic E-state index is 0.0674. The van der Waals surface area contributed by atoms with Crippen LogP contribution in [-0.2, 0) is 9.53 Å². The van der Waals surface area contributed by atoms with Crippen molar-refractivity contribution >= 4 is 23.4 Å². The molecular formula is C14H20N4O3. The van der Waals surface area contributed by atoms with Crippen molar-refractivity contribution < 1.29 is 14.3 Å². The van der Waals surface area contributed by atoms with Gasteiger partial charge in [0, 0.05) is 19.0 Å². The number of nitrogens with zero attached hydrogens (tertiary/aromatic N) is 1. The summed E-state index contributed by atoms with van der Waals surface area (Å²) >= 11 is 0. The molecule has 0 unspecified atom stereocenters. The number of anilines is 2. The normalized spacial score (nSPS) is 13.6. The second-order valence-corrected chi connectivity index (χ2v) is 5.03. The predicted molar refractivity (Wildman–Crippen MR) is 78.9 cm³/mol. The lowest BCUT2D eigenvalue weighted by molar-refractivity contribution is -0.121. The maximum atomic E-state index is 11.6. The minimum atomic E-state index is -0.497. The van der Waals surface area contributed by atoms with E-state index in [0.717, 1.165) is 12.8 Å². The predicted octanol–water partition coefficient (Wildman–Crippen LogP) is 0.921. The maximum Gasteiger partial charge on any atom is 0.341 e. The van der Waals surface area contributed by atoms with Gasteiger partial charge in [0.1, 0.15) is 11.4 Å². The van der Waals surface area contributed by atoms with Gasteiger partial charge >= 0.3 is 5.97 Å². The van der Waals surface area contributed by atoms with E-state index in [0.29, 0.717) is 42.5 Å². The number of ether oxygens (including phenoxy) is 1. The Morgan fingerprint density at radius 1 is 1.48 bits per heavy atom. The van der Waals surface area contributed by atoms with Gasteiger partial charge in [0.05, 0.1) is 19.0 Å². The van der Waals surface area contributed by atoms with Gasteiger partial charge in [-0.15, -0.1) is 0 Å². The molecule has 0 saturated heterocycles. The van der Waals surface area contributed by atoms with Crippen LogP contribution in [0.15, 0.2) is 12.3 Å². The average molecular weight is 292 g/mol. The van der Waals surface area contributed by atoms with Crippen LogP contribution in [0, 0.1) is 0 Å². The Balaban J connectivity index is 1.81. The standard InChI is InChI=1S/C14H20N4O3/c1-21-14(20)11-7-9(15)8-17-13(11)16-6-2-3-12(19)18-10-4-5-10/h7-8,10H,2-6,15H2,1H3,(H,16,17)(H,18,19). The molecule has 1 aromatic heterocycles. The first kappa shape index (κ1) is 15.1. The Labute approximate surface area is 123 Å². The molecule has 0 aromatic carbocycles. The molecule has 21 heavy (non-hydrogen) atoms. The number of hydrogen-bond acceptors (Lipinski definition) is 6. The Morgan fingerprint density at radius 2 is 2.24 bits per heavy atom. The van der Waals surface area contributed by atoms with Crippen LogP contribution in [0.1, 0.15) is 36.0 Å². The third kappa shape index (κ3) is 4.62. The molecule has 0 aliphatic heterocycles. The van der Waals surface area contributed by atoms with E-state index in [-0.39, 0.29) is 5.91 Å². The third-order valence-corrected chi connectivity index (χ3v) is 3.13. The molecule has 4 N–H and O–H groups in total. The maximum absolute atomic E-state index is 11.6. The van der Waals surface area contributed by atoms with E-state index >= 15 is 0 Å². The van der Waals surface area contributed by atoms with Crippen LogP contribution in [0.2, 0.25) is 0 Å². The molecule has 1 aromatic rings. The fourth-order valence-corrected chi connectivity index (χ4v) is 1.87. The summed E-state index contributed by atoms with van der Waals surface area (Å²) in [6.07, 6.45) is 4.75. The third-order valence-electron chi connectivity index (χ3n) is 3.13. The fourth-order valence-electron chi connectivity index (χ4n) is 1.87. The van der Waals surface area contributed by atoms with Crippen molar-refractivity contribution in [1.82, 2.24) is 10.3 Å². The highest BCUT2D eigenvalue weighted by Gasteiger charge is 2.22. The van der Waals surface area contributed by atoms with Crippen LogP contribution in [0.4, 0.5) is 11.5 Å². The van der Waals surface area contributed by atoms with Crippen molar-refractivity contribution in [3.05, 3.63) is 17.8 Å². The van der Waals surface area contributed by atoms with Crippen molar-refractivity contribution in [3.8, 4) is 0 Å². The largest absolute Gasteiger partial charge is 0.465 e. The zero-order valence-corrected chi connectivity index (χ0v) is 12.0. The summed E-state index contributed by atoms with van der Waals surface area (Å²) in [6, 6.07) is 1.90. The summed E-state index contributed by atoms with van der Waals surface area (Å²) in [5.74, 6) is -0.0137. The highest BCUT2D eigenvalue weighted by atomic mass is 16.5. The number of nitrogens with two attached hydrogens (primary N) is 1. The summed E-state index contributed by atoms with van der Waals surface area (Å²) in [5, 5.41) is 5.96. The van der Waals surface area contributed by atoms with Gasteiger partial charge in [0.2, 0.25) is 5.91 Å². The van der Waals surface area contributed by atoms with Crippen molar-refractivity contribution in [3.63, 3.8) is 0 Å². The zero-order valence-electron chi connectivity index (χ0n) is 12.0. The van der Waals surface area contributed by atoms with Crippen LogP contribution >= 0.6 is 0 Å². The first-order valence-corrected chi connectivity index (χ1v) is 6.97. The molecule has 7 heteroatoms. The number of amides is 1. The molecule has 0 spiro atoms. The van der Waals surface area contributed by atoms with E-state index in [1.807, 2.05) is 0 Å². The summed E-state index contributed by atoms with van der Waals surface area (Å²) in [6.45, 7) is 0.541. The number of rotatable bonds is 7. The van der Waals surface area contributed by atoms with Gasteiger partial charge < -0.3 is 21.1 Å². The van der Waals surface area contributed by atoms with Gasteiger partial charge in [-0.05, 0) is 25.3 Å². The number of esters is 1. The average Bonchev–Trinajstić information content (AvgIpc) is 3.27. The van der Waals surface area contributed by atoms with Gasteiger partial charge in [-0.1, -0.05) is 0 Å². The summed E-state index contributed by atoms with van der Waals surface area (Å²) in [5.41, 5.74) is 6.30. The number of pyridine rings is 1. The second-order valence-electron chi connectivity index (χ2n) is 5.03. The number of nitrogens with one attached hydrogen (secondary N) is 2. The van der Waals surface area contributed by atoms with Gasteiger partial charge in [-0.2, -0.15) is 0 Å². The number of aromatic nitrogens is 1. The van der Waals surface area contributed by atoms with Crippen molar-refractivity contribution in [2.45, 2.75) is 31.7 Å². The lowest BCUT2D eigenvalue weighted by atomic mass is 10.2. The SMILES string of the molecule is COC(=O)c1cc(N)cnc1NCCCC(=O)NC1CC1. The molecule has 1 heterocycles. The summed E-state index contributed by atoms with van der Waals surface area (Å²) < 4.78 is 4.69. The number of hydrogen-bond donors (Lipinski definition) is 3. The summed E-state index contributed by atoms with van der Waals surface area (Å²) in [4.78, 5) is 27.2. The molecule has 1 saturated carbocycles. The number of carbonyl (C=O) groups is 2. The van der Waals surface area contributed by atoms with Crippen LogP contribution in [0.25, 0.3) is 0 Å². The Bertz CT molecular complexity index is 529. The molecule has 1 amide bonds. The van der Waals surface area contributed by atoms with Crippen LogP contribution in [0.5, 0.6) is 0 Å². The van der Waals surface area contributed by atoms with Gasteiger partial charge in [0.15, 0.2) is 0 Å². The number of carbonyl (C=O) groups excluding carboxylic acids is 2. The van der Waals surface area contributed by atoms with Crippen molar-refractivity contribution in [1.29, 1.82) is 0 Å². The first-order chi connectivity index (χ1) is 10.1. The molecular weight excluding hydrogens is 272 g/mol. The van der Waals surface area contributed by atoms with Gasteiger partial charge in [-0.3, -0.25) is 4.79 Å². The van der Waals surface area contributed by atoms with E-state index in [9.17, 15) is 9.59 Å². The van der Waals surface area contributed by atoms with E-state index in [1.165, 1.54) is 19.4 Å². The monoisotopic (exact) mass is 292 g/mol. The molecule has 0 bridgehead atoms. The van der Waals surface area contributed by atoms with E-state index < -0.39 is 5.97 Å². The van der Waals surface area contributed by atoms with Crippen LogP contribution < -0.4 is 16.4 Å². The first-order valence-electron chi connectivity index (χ1n) is 6.97. The lowest BCUT2D eigenvalue weighted by Gasteiger charge is -2.10. The molecule has 1 fully saturated rings. The molecule has 0 radical (unpaired) electrons. The van der Waals surface area contributed by atoms with E-state index in [4.69, 9.17) is 5.73 Å². The van der Waals surface area contributed by atoms with Crippen molar-refractivity contribution in [2.75, 3.05) is 24.7 Å². The molecule has 1 aliphatic rings. The molecule has 114 valence electrons. The quantitative estimate of drug-likeness (QED) is 0.509. The Kier molecular flexibility index (Phi) is 4.97. The molecule has 1 aliphatic carbocycles. The smallest absolute Gasteiger partial charge is 0.341 e. The topological polar surface area (TPSA) is 106 Å². The molecule has 2 rings (SSSR count). The highest BCUT2D eigenvalue weighted by molar-refractivity contribution is 5.95. The Morgan fingerprint density at radius 3 is 2.90 bits per heavy atom. The molecule has 7 nitrogen and oxygen atoms in total. The molecule has 0 atom stereocenters. The van der Waals surface area contributed by atoms with Gasteiger partial charge in [0.25, 0.3) is 0 Å². The fraction of sp³-hybridized carbons (Fsp3) is 0.500. The van der Waals surface area contributed by atoms with E-state index in [1.54, 1.807) is 0 Å². The lowest BCUT2D eigenvalue weighted by Crippen LogP contribution is -2.25. The number of nitrogen functional groups attached to an aromatic ring is 1. The Hall–Kier alpha value is -2.31. The highest BCUT2D eigenvalue weighted by Crippen LogP contribution is 2.19. The zero-order chi connectivity index (χ0) is 15.2. The summed E-state index contributed by atoms with van der Waals surface area (Å²) in [7, 11) is 1.30. The van der Waals surface area contributed by atoms with Crippen molar-refractivity contribution in [2.24, 2.45) is 0 Å². The van der Waals surface area contributed by atoms with E-state index in [2.05, 4.69) is 20.4 Å². The van der Waals surface area contributed by atoms with Gasteiger partial charge in [-0.25, -0.2) is 9.78 Å². The second kappa shape index (κ2) is 6.92. The van der Waals surface area contributed by atoms with Crippen LogP contribution in [0.3, 0.4) is 0 Å². The van der Waals surface area contributed by atoms with Crippen LogP contribution in [-0.4, -0.2) is 36.6 Å².